The van der Waals surface area contributed by atoms with E-state index in [2.05, 4.69) is 0 Å². The van der Waals surface area contributed by atoms with Gasteiger partial charge in [0.05, 0.1) is 19.4 Å². The van der Waals surface area contributed by atoms with Crippen LogP contribution in [0.2, 0.25) is 0 Å². The zero-order chi connectivity index (χ0) is 19.4. The van der Waals surface area contributed by atoms with Gasteiger partial charge in [0.15, 0.2) is 5.76 Å². The van der Waals surface area contributed by atoms with E-state index >= 15 is 0 Å². The molecular formula is C20H20O7. The Hall–Kier alpha value is -3.06. The van der Waals surface area contributed by atoms with Gasteiger partial charge in [-0.05, 0) is 17.7 Å². The Morgan fingerprint density at radius 2 is 2.07 bits per heavy atom. The topological polar surface area (TPSA) is 95.2 Å². The summed E-state index contributed by atoms with van der Waals surface area (Å²) in [6, 6.07) is 8.62. The number of carbonyl (C=O) groups is 1. The Bertz CT molecular complexity index is 926. The van der Waals surface area contributed by atoms with E-state index in [0.717, 1.165) is 11.3 Å². The van der Waals surface area contributed by atoms with Gasteiger partial charge in [0.2, 0.25) is 11.2 Å². The van der Waals surface area contributed by atoms with Crippen molar-refractivity contribution in [1.82, 2.24) is 0 Å². The molecule has 142 valence electrons. The second-order valence-electron chi connectivity index (χ2n) is 6.10. The molecule has 0 fully saturated rings. The summed E-state index contributed by atoms with van der Waals surface area (Å²) in [4.78, 5) is 24.1. The Labute approximate surface area is 155 Å². The number of aromatic hydroxyl groups is 1. The first-order valence-electron chi connectivity index (χ1n) is 8.37. The molecule has 0 saturated carbocycles. The Morgan fingerprint density at radius 1 is 1.30 bits per heavy atom. The number of esters is 1. The molecule has 1 N–H and O–H groups in total. The predicted molar refractivity (Wildman–Crippen MR) is 96.6 cm³/mol. The van der Waals surface area contributed by atoms with Crippen LogP contribution in [-0.2, 0) is 20.9 Å². The second-order valence-corrected chi connectivity index (χ2v) is 6.10. The smallest absolute Gasteiger partial charge is 0.306 e. The number of benzene rings is 1. The number of methoxy groups -OCH3 is 2. The fourth-order valence-electron chi connectivity index (χ4n) is 2.98. The first-order valence-corrected chi connectivity index (χ1v) is 8.37. The second kappa shape index (κ2) is 8.09. The molecule has 0 spiro atoms. The molecular weight excluding hydrogens is 352 g/mol. The van der Waals surface area contributed by atoms with Crippen molar-refractivity contribution in [3.63, 3.8) is 0 Å². The van der Waals surface area contributed by atoms with Gasteiger partial charge in [0, 0.05) is 18.7 Å². The molecule has 3 rings (SSSR count). The first kappa shape index (κ1) is 18.7. The third-order valence-corrected chi connectivity index (χ3v) is 4.30. The summed E-state index contributed by atoms with van der Waals surface area (Å²) in [6.07, 6.45) is 1.76. The number of hydrogen-bond acceptors (Lipinski definition) is 7. The van der Waals surface area contributed by atoms with Crippen molar-refractivity contribution in [2.75, 3.05) is 20.8 Å². The molecule has 27 heavy (non-hydrogen) atoms. The van der Waals surface area contributed by atoms with Crippen molar-refractivity contribution >= 4 is 12.0 Å². The zero-order valence-electron chi connectivity index (χ0n) is 15.1. The van der Waals surface area contributed by atoms with Crippen molar-refractivity contribution in [2.45, 2.75) is 18.9 Å². The maximum absolute atomic E-state index is 12.1. The van der Waals surface area contributed by atoms with E-state index < -0.39 is 23.1 Å². The van der Waals surface area contributed by atoms with E-state index in [0.29, 0.717) is 5.57 Å². The first-order chi connectivity index (χ1) is 13.0. The molecule has 1 atom stereocenters. The van der Waals surface area contributed by atoms with Gasteiger partial charge in [-0.25, -0.2) is 0 Å². The summed E-state index contributed by atoms with van der Waals surface area (Å²) in [5, 5.41) is 10.3. The van der Waals surface area contributed by atoms with E-state index in [1.54, 1.807) is 0 Å². The van der Waals surface area contributed by atoms with Gasteiger partial charge in [-0.1, -0.05) is 18.2 Å². The molecule has 0 unspecified atom stereocenters. The van der Waals surface area contributed by atoms with Crippen LogP contribution in [0.25, 0.3) is 6.08 Å². The number of fused-ring (bicyclic) bond motifs is 1. The largest absolute Gasteiger partial charge is 0.502 e. The Kier molecular flexibility index (Phi) is 5.61. The van der Waals surface area contributed by atoms with Crippen LogP contribution in [0.4, 0.5) is 0 Å². The molecule has 1 aromatic heterocycles. The number of hydrogen-bond donors (Lipinski definition) is 1. The van der Waals surface area contributed by atoms with Crippen molar-refractivity contribution in [3.05, 3.63) is 63.2 Å². The quantitative estimate of drug-likeness (QED) is 0.779. The lowest BCUT2D eigenvalue weighted by molar-refractivity contribution is -0.141. The Morgan fingerprint density at radius 3 is 2.81 bits per heavy atom. The van der Waals surface area contributed by atoms with Crippen LogP contribution >= 0.6 is 0 Å². The van der Waals surface area contributed by atoms with Gasteiger partial charge < -0.3 is 23.7 Å². The highest BCUT2D eigenvalue weighted by molar-refractivity contribution is 5.73. The lowest BCUT2D eigenvalue weighted by Crippen LogP contribution is -2.19. The molecule has 7 nitrogen and oxygen atoms in total. The lowest BCUT2D eigenvalue weighted by atomic mass is 9.89. The molecule has 0 saturated heterocycles. The van der Waals surface area contributed by atoms with E-state index in [1.165, 1.54) is 20.3 Å². The van der Waals surface area contributed by atoms with Gasteiger partial charge in [0.1, 0.15) is 24.7 Å². The lowest BCUT2D eigenvalue weighted by Gasteiger charge is -2.24. The SMILES string of the molecule is COCc1cc(=O)c(O)c([C@@H](CC(=O)OC)C2=Cc3ccccc3OC2)o1. The number of carbonyl (C=O) groups excluding carboxylic acids is 1. The molecule has 2 aromatic rings. The average Bonchev–Trinajstić information content (AvgIpc) is 2.68. The van der Waals surface area contributed by atoms with Crippen molar-refractivity contribution in [2.24, 2.45) is 0 Å². The third-order valence-electron chi connectivity index (χ3n) is 4.30. The van der Waals surface area contributed by atoms with Gasteiger partial charge in [-0.3, -0.25) is 9.59 Å². The molecule has 2 heterocycles. The zero-order valence-corrected chi connectivity index (χ0v) is 15.1. The molecule has 1 aliphatic heterocycles. The van der Waals surface area contributed by atoms with E-state index in [-0.39, 0.29) is 31.2 Å². The van der Waals surface area contributed by atoms with Gasteiger partial charge in [-0.15, -0.1) is 0 Å². The summed E-state index contributed by atoms with van der Waals surface area (Å²) >= 11 is 0. The number of ether oxygens (including phenoxy) is 3. The van der Waals surface area contributed by atoms with Crippen LogP contribution in [0.15, 0.2) is 45.1 Å². The van der Waals surface area contributed by atoms with Crippen LogP contribution in [0.1, 0.15) is 29.4 Å². The van der Waals surface area contributed by atoms with Gasteiger partial charge >= 0.3 is 5.97 Å². The van der Waals surface area contributed by atoms with Gasteiger partial charge in [0.25, 0.3) is 0 Å². The summed E-state index contributed by atoms with van der Waals surface area (Å²) in [5.74, 6) is -0.785. The summed E-state index contributed by atoms with van der Waals surface area (Å²) in [7, 11) is 2.74. The molecule has 7 heteroatoms. The number of para-hydroxylation sites is 1. The highest BCUT2D eigenvalue weighted by Crippen LogP contribution is 2.38. The number of rotatable bonds is 6. The van der Waals surface area contributed by atoms with E-state index in [1.807, 2.05) is 30.3 Å². The van der Waals surface area contributed by atoms with Gasteiger partial charge in [-0.2, -0.15) is 0 Å². The third kappa shape index (κ3) is 4.03. The van der Waals surface area contributed by atoms with Crippen molar-refractivity contribution < 1.29 is 28.5 Å². The van der Waals surface area contributed by atoms with Crippen molar-refractivity contribution in [3.8, 4) is 11.5 Å². The maximum Gasteiger partial charge on any atom is 0.306 e. The summed E-state index contributed by atoms with van der Waals surface area (Å²) in [5.41, 5.74) is 0.923. The molecule has 1 aliphatic rings. The van der Waals surface area contributed by atoms with Crippen LogP contribution in [-0.4, -0.2) is 31.9 Å². The molecule has 0 amide bonds. The van der Waals surface area contributed by atoms with E-state index in [9.17, 15) is 14.7 Å². The van der Waals surface area contributed by atoms with E-state index in [4.69, 9.17) is 18.6 Å². The molecule has 0 aliphatic carbocycles. The standard InChI is InChI=1S/C20H20O7/c1-24-11-14-8-16(21)19(23)20(27-14)15(9-18(22)25-2)13-7-12-5-3-4-6-17(12)26-10-13/h3-8,15,23H,9-11H2,1-2H3/t15-/m0/s1. The minimum Gasteiger partial charge on any atom is -0.502 e. The highest BCUT2D eigenvalue weighted by Gasteiger charge is 2.30. The van der Waals surface area contributed by atoms with Crippen LogP contribution in [0, 0.1) is 0 Å². The fourth-order valence-corrected chi connectivity index (χ4v) is 2.98. The molecule has 0 bridgehead atoms. The normalized spacial score (nSPS) is 13.9. The average molecular weight is 372 g/mol. The fraction of sp³-hybridized carbons (Fsp3) is 0.300. The van der Waals surface area contributed by atoms with Crippen LogP contribution < -0.4 is 10.2 Å². The van der Waals surface area contributed by atoms with Crippen molar-refractivity contribution in [1.29, 1.82) is 0 Å². The van der Waals surface area contributed by atoms with Crippen LogP contribution in [0.3, 0.4) is 0 Å². The predicted octanol–water partition coefficient (Wildman–Crippen LogP) is 2.61. The minimum absolute atomic E-state index is 0.00539. The monoisotopic (exact) mass is 372 g/mol. The minimum atomic E-state index is -0.713. The molecule has 1 aromatic carbocycles. The summed E-state index contributed by atoms with van der Waals surface area (Å²) < 4.78 is 21.2. The summed E-state index contributed by atoms with van der Waals surface area (Å²) in [6.45, 7) is 0.252. The Balaban J connectivity index is 2.09. The maximum atomic E-state index is 12.1. The van der Waals surface area contributed by atoms with Crippen LogP contribution in [0.5, 0.6) is 11.5 Å². The molecule has 0 radical (unpaired) electrons. The highest BCUT2D eigenvalue weighted by atomic mass is 16.5.